The Bertz CT molecular complexity index is 428. The fraction of sp³-hybridized carbons (Fsp3) is 0.615. The fourth-order valence-corrected chi connectivity index (χ4v) is 2.79. The largest absolute Gasteiger partial charge is 0.354 e. The molecule has 1 aromatic heterocycles. The molecule has 3 rings (SSSR count). The number of aromatic nitrogens is 1. The van der Waals surface area contributed by atoms with Crippen LogP contribution in [-0.4, -0.2) is 42.1 Å². The van der Waals surface area contributed by atoms with Gasteiger partial charge in [0.05, 0.1) is 12.1 Å². The van der Waals surface area contributed by atoms with Crippen molar-refractivity contribution in [3.8, 4) is 0 Å². The number of piperazine rings is 1. The molecule has 0 amide bonds. The van der Waals surface area contributed by atoms with E-state index in [-0.39, 0.29) is 5.82 Å². The second-order valence-electron chi connectivity index (χ2n) is 5.02. The van der Waals surface area contributed by atoms with Crippen molar-refractivity contribution in [2.24, 2.45) is 0 Å². The molecular weight excluding hydrogens is 253 g/mol. The summed E-state index contributed by atoms with van der Waals surface area (Å²) < 4.78 is 13.1. The Balaban J connectivity index is 1.71. The molecule has 18 heavy (non-hydrogen) atoms. The van der Waals surface area contributed by atoms with Crippen molar-refractivity contribution < 1.29 is 4.39 Å². The molecule has 0 bridgehead atoms. The first-order valence-electron chi connectivity index (χ1n) is 6.47. The molecular formula is C13H17ClFN3. The first-order chi connectivity index (χ1) is 8.78. The third-order valence-electron chi connectivity index (χ3n) is 3.73. The van der Waals surface area contributed by atoms with Gasteiger partial charge in [-0.05, 0) is 18.9 Å². The summed E-state index contributed by atoms with van der Waals surface area (Å²) >= 11 is 5.87. The zero-order chi connectivity index (χ0) is 12.5. The highest BCUT2D eigenvalue weighted by Crippen LogP contribution is 2.29. The summed E-state index contributed by atoms with van der Waals surface area (Å²) in [7, 11) is 0. The number of anilines is 1. The molecule has 0 radical (unpaired) electrons. The highest BCUT2D eigenvalue weighted by atomic mass is 35.5. The predicted molar refractivity (Wildman–Crippen MR) is 70.6 cm³/mol. The predicted octanol–water partition coefficient (Wildman–Crippen LogP) is 2.24. The third-order valence-corrected chi connectivity index (χ3v) is 4.02. The van der Waals surface area contributed by atoms with E-state index in [0.29, 0.717) is 5.88 Å². The smallest absolute Gasteiger partial charge is 0.141 e. The molecule has 0 aromatic carbocycles. The van der Waals surface area contributed by atoms with Gasteiger partial charge < -0.3 is 4.90 Å². The van der Waals surface area contributed by atoms with E-state index in [1.54, 1.807) is 0 Å². The molecule has 0 N–H and O–H groups in total. The van der Waals surface area contributed by atoms with Crippen molar-refractivity contribution in [2.75, 3.05) is 31.1 Å². The first-order valence-corrected chi connectivity index (χ1v) is 7.01. The Hall–Kier alpha value is -0.870. The zero-order valence-corrected chi connectivity index (χ0v) is 11.0. The van der Waals surface area contributed by atoms with E-state index in [0.717, 1.165) is 43.6 Å². The van der Waals surface area contributed by atoms with Crippen molar-refractivity contribution in [1.82, 2.24) is 9.88 Å². The molecule has 2 fully saturated rings. The number of rotatable bonds is 3. The van der Waals surface area contributed by atoms with E-state index in [1.165, 1.54) is 25.1 Å². The van der Waals surface area contributed by atoms with Crippen LogP contribution >= 0.6 is 11.6 Å². The summed E-state index contributed by atoms with van der Waals surface area (Å²) in [4.78, 5) is 8.97. The second kappa shape index (κ2) is 5.02. The minimum atomic E-state index is -0.314. The number of pyridine rings is 1. The first kappa shape index (κ1) is 12.2. The molecule has 1 aromatic rings. The van der Waals surface area contributed by atoms with Gasteiger partial charge in [0.2, 0.25) is 0 Å². The molecule has 1 aliphatic carbocycles. The van der Waals surface area contributed by atoms with Crippen LogP contribution in [0.4, 0.5) is 10.2 Å². The molecule has 0 unspecified atom stereocenters. The van der Waals surface area contributed by atoms with Gasteiger partial charge in [-0.3, -0.25) is 4.90 Å². The van der Waals surface area contributed by atoms with Crippen LogP contribution < -0.4 is 4.90 Å². The van der Waals surface area contributed by atoms with Crippen LogP contribution in [0, 0.1) is 5.82 Å². The van der Waals surface area contributed by atoms with Gasteiger partial charge >= 0.3 is 0 Å². The SMILES string of the molecule is Fc1cnc(N2CCN(C3CC3)CC2)c(CCl)c1. The maximum absolute atomic E-state index is 13.1. The lowest BCUT2D eigenvalue weighted by Crippen LogP contribution is -2.47. The molecule has 3 nitrogen and oxygen atoms in total. The fourth-order valence-electron chi connectivity index (χ4n) is 2.60. The zero-order valence-electron chi connectivity index (χ0n) is 10.3. The summed E-state index contributed by atoms with van der Waals surface area (Å²) in [6.45, 7) is 4.06. The highest BCUT2D eigenvalue weighted by Gasteiger charge is 2.31. The van der Waals surface area contributed by atoms with Gasteiger partial charge in [0, 0.05) is 37.8 Å². The van der Waals surface area contributed by atoms with E-state index in [2.05, 4.69) is 14.8 Å². The molecule has 98 valence electrons. The molecule has 5 heteroatoms. The summed E-state index contributed by atoms with van der Waals surface area (Å²) in [5.74, 6) is 0.844. The second-order valence-corrected chi connectivity index (χ2v) is 5.29. The maximum Gasteiger partial charge on any atom is 0.141 e. The molecule has 1 aliphatic heterocycles. The summed E-state index contributed by atoms with van der Waals surface area (Å²) in [5, 5.41) is 0. The van der Waals surface area contributed by atoms with E-state index < -0.39 is 0 Å². The average Bonchev–Trinajstić information content (AvgIpc) is 3.23. The Morgan fingerprint density at radius 1 is 1.28 bits per heavy atom. The van der Waals surface area contributed by atoms with Gasteiger partial charge in [-0.2, -0.15) is 0 Å². The minimum absolute atomic E-state index is 0.308. The summed E-state index contributed by atoms with van der Waals surface area (Å²) in [6, 6.07) is 2.31. The van der Waals surface area contributed by atoms with Crippen LogP contribution in [0.15, 0.2) is 12.3 Å². The monoisotopic (exact) mass is 269 g/mol. The molecule has 0 spiro atoms. The topological polar surface area (TPSA) is 19.4 Å². The van der Waals surface area contributed by atoms with Crippen LogP contribution in [0.25, 0.3) is 0 Å². The molecule has 2 heterocycles. The Morgan fingerprint density at radius 2 is 2.00 bits per heavy atom. The lowest BCUT2D eigenvalue weighted by molar-refractivity contribution is 0.247. The molecule has 1 saturated carbocycles. The van der Waals surface area contributed by atoms with Gasteiger partial charge in [0.1, 0.15) is 11.6 Å². The summed E-state index contributed by atoms with van der Waals surface area (Å²) in [5.41, 5.74) is 0.788. The highest BCUT2D eigenvalue weighted by molar-refractivity contribution is 6.17. The van der Waals surface area contributed by atoms with Crippen LogP contribution in [0.2, 0.25) is 0 Å². The number of nitrogens with zero attached hydrogens (tertiary/aromatic N) is 3. The van der Waals surface area contributed by atoms with Gasteiger partial charge in [0.15, 0.2) is 0 Å². The number of hydrogen-bond acceptors (Lipinski definition) is 3. The molecule has 2 aliphatic rings. The van der Waals surface area contributed by atoms with Gasteiger partial charge in [-0.1, -0.05) is 0 Å². The van der Waals surface area contributed by atoms with Crippen LogP contribution in [-0.2, 0) is 5.88 Å². The van der Waals surface area contributed by atoms with Crippen molar-refractivity contribution in [1.29, 1.82) is 0 Å². The lowest BCUT2D eigenvalue weighted by Gasteiger charge is -2.36. The van der Waals surface area contributed by atoms with Crippen molar-refractivity contribution in [2.45, 2.75) is 24.8 Å². The Morgan fingerprint density at radius 3 is 2.61 bits per heavy atom. The lowest BCUT2D eigenvalue weighted by atomic mass is 10.2. The van der Waals surface area contributed by atoms with E-state index in [9.17, 15) is 4.39 Å². The third kappa shape index (κ3) is 2.45. The Kier molecular flexibility index (Phi) is 3.39. The van der Waals surface area contributed by atoms with Crippen LogP contribution in [0.1, 0.15) is 18.4 Å². The van der Waals surface area contributed by atoms with Gasteiger partial charge in [-0.25, -0.2) is 9.37 Å². The van der Waals surface area contributed by atoms with Crippen LogP contribution in [0.3, 0.4) is 0 Å². The van der Waals surface area contributed by atoms with Crippen molar-refractivity contribution in [3.05, 3.63) is 23.6 Å². The molecule has 1 saturated heterocycles. The maximum atomic E-state index is 13.1. The number of hydrogen-bond donors (Lipinski definition) is 0. The molecule has 0 atom stereocenters. The van der Waals surface area contributed by atoms with Crippen molar-refractivity contribution in [3.63, 3.8) is 0 Å². The van der Waals surface area contributed by atoms with Crippen molar-refractivity contribution >= 4 is 17.4 Å². The quantitative estimate of drug-likeness (QED) is 0.785. The van der Waals surface area contributed by atoms with E-state index in [4.69, 9.17) is 11.6 Å². The standard InChI is InChI=1S/C13H17ClFN3/c14-8-10-7-11(15)9-16-13(10)18-5-3-17(4-6-18)12-1-2-12/h7,9,12H,1-6,8H2. The van der Waals surface area contributed by atoms with Gasteiger partial charge in [0.25, 0.3) is 0 Å². The van der Waals surface area contributed by atoms with E-state index >= 15 is 0 Å². The number of halogens is 2. The Labute approximate surface area is 112 Å². The normalized spacial score (nSPS) is 21.3. The number of alkyl halides is 1. The van der Waals surface area contributed by atoms with Gasteiger partial charge in [-0.15, -0.1) is 11.6 Å². The van der Waals surface area contributed by atoms with E-state index in [1.807, 2.05) is 0 Å². The average molecular weight is 270 g/mol. The summed E-state index contributed by atoms with van der Waals surface area (Å²) in [6.07, 6.45) is 3.97. The minimum Gasteiger partial charge on any atom is -0.354 e. The van der Waals surface area contributed by atoms with Crippen LogP contribution in [0.5, 0.6) is 0 Å².